The summed E-state index contributed by atoms with van der Waals surface area (Å²) in [6.07, 6.45) is 2.31. The Kier molecular flexibility index (Phi) is 5.13. The molecule has 0 aromatic heterocycles. The Morgan fingerprint density at radius 2 is 1.96 bits per heavy atom. The molecule has 4 heteroatoms. The predicted octanol–water partition coefficient (Wildman–Crippen LogP) is 4.21. The van der Waals surface area contributed by atoms with Gasteiger partial charge in [0.25, 0.3) is 0 Å². The van der Waals surface area contributed by atoms with Crippen molar-refractivity contribution in [1.29, 1.82) is 0 Å². The number of hydrogen-bond acceptors (Lipinski definition) is 2. The number of carboxylic acids is 1. The fourth-order valence-electron chi connectivity index (χ4n) is 3.24. The second-order valence-corrected chi connectivity index (χ2v) is 7.14. The summed E-state index contributed by atoms with van der Waals surface area (Å²) < 4.78 is 1.12. The maximum atomic E-state index is 11.1. The van der Waals surface area contributed by atoms with E-state index in [4.69, 9.17) is 5.11 Å². The lowest BCUT2D eigenvalue weighted by Gasteiger charge is -2.16. The van der Waals surface area contributed by atoms with E-state index < -0.39 is 5.97 Å². The summed E-state index contributed by atoms with van der Waals surface area (Å²) in [5, 5.41) is 9.08. The van der Waals surface area contributed by atoms with Gasteiger partial charge in [-0.25, -0.2) is 4.79 Å². The van der Waals surface area contributed by atoms with Crippen molar-refractivity contribution in [2.24, 2.45) is 5.92 Å². The van der Waals surface area contributed by atoms with E-state index in [9.17, 15) is 4.79 Å². The minimum Gasteiger partial charge on any atom is -0.478 e. The van der Waals surface area contributed by atoms with Crippen LogP contribution in [0.15, 0.2) is 53.0 Å². The lowest BCUT2D eigenvalue weighted by molar-refractivity contribution is 0.0696. The second-order valence-electron chi connectivity index (χ2n) is 6.23. The highest BCUT2D eigenvalue weighted by Gasteiger charge is 2.22. The van der Waals surface area contributed by atoms with Gasteiger partial charge in [0.15, 0.2) is 0 Å². The van der Waals surface area contributed by atoms with Gasteiger partial charge in [0.05, 0.1) is 5.56 Å². The van der Waals surface area contributed by atoms with E-state index in [1.807, 2.05) is 12.1 Å². The Morgan fingerprint density at radius 3 is 2.70 bits per heavy atom. The molecule has 2 aromatic carbocycles. The van der Waals surface area contributed by atoms with E-state index in [1.165, 1.54) is 12.0 Å². The first kappa shape index (κ1) is 16.2. The van der Waals surface area contributed by atoms with Gasteiger partial charge in [-0.05, 0) is 60.7 Å². The van der Waals surface area contributed by atoms with Crippen molar-refractivity contribution >= 4 is 21.9 Å². The molecule has 3 nitrogen and oxygen atoms in total. The summed E-state index contributed by atoms with van der Waals surface area (Å²) in [4.78, 5) is 13.5. The van der Waals surface area contributed by atoms with E-state index in [1.54, 1.807) is 12.1 Å². The summed E-state index contributed by atoms with van der Waals surface area (Å²) in [6, 6.07) is 15.8. The van der Waals surface area contributed by atoms with Gasteiger partial charge in [-0.15, -0.1) is 0 Å². The van der Waals surface area contributed by atoms with Gasteiger partial charge < -0.3 is 5.11 Å². The van der Waals surface area contributed by atoms with E-state index in [-0.39, 0.29) is 0 Å². The summed E-state index contributed by atoms with van der Waals surface area (Å²) in [5.74, 6) is -0.180. The summed E-state index contributed by atoms with van der Waals surface area (Å²) >= 11 is 3.47. The van der Waals surface area contributed by atoms with Gasteiger partial charge in [-0.1, -0.05) is 40.2 Å². The monoisotopic (exact) mass is 373 g/mol. The van der Waals surface area contributed by atoms with Gasteiger partial charge in [0.2, 0.25) is 0 Å². The van der Waals surface area contributed by atoms with Crippen LogP contribution in [-0.2, 0) is 13.0 Å². The molecule has 0 amide bonds. The van der Waals surface area contributed by atoms with Gasteiger partial charge >= 0.3 is 5.97 Å². The van der Waals surface area contributed by atoms with Crippen molar-refractivity contribution in [1.82, 2.24) is 4.90 Å². The first-order valence-electron chi connectivity index (χ1n) is 7.89. The van der Waals surface area contributed by atoms with Crippen molar-refractivity contribution in [2.75, 3.05) is 13.1 Å². The molecule has 120 valence electrons. The first-order chi connectivity index (χ1) is 11.1. The van der Waals surface area contributed by atoms with Crippen molar-refractivity contribution in [3.8, 4) is 0 Å². The molecule has 1 heterocycles. The number of nitrogens with zero attached hydrogens (tertiary/aromatic N) is 1. The third kappa shape index (κ3) is 4.43. The molecule has 1 aliphatic rings. The van der Waals surface area contributed by atoms with Crippen molar-refractivity contribution in [2.45, 2.75) is 19.4 Å². The van der Waals surface area contributed by atoms with E-state index >= 15 is 0 Å². The van der Waals surface area contributed by atoms with Crippen LogP contribution in [0.1, 0.15) is 27.9 Å². The maximum Gasteiger partial charge on any atom is 0.335 e. The largest absolute Gasteiger partial charge is 0.478 e. The van der Waals surface area contributed by atoms with Crippen LogP contribution >= 0.6 is 15.9 Å². The number of benzene rings is 2. The molecule has 1 fully saturated rings. The number of rotatable bonds is 5. The Labute approximate surface area is 145 Å². The van der Waals surface area contributed by atoms with Crippen LogP contribution in [0.25, 0.3) is 0 Å². The predicted molar refractivity (Wildman–Crippen MR) is 94.6 cm³/mol. The minimum atomic E-state index is -0.860. The topological polar surface area (TPSA) is 40.5 Å². The highest BCUT2D eigenvalue weighted by Crippen LogP contribution is 2.23. The van der Waals surface area contributed by atoms with Crippen LogP contribution < -0.4 is 0 Å². The number of aromatic carboxylic acids is 1. The average molecular weight is 374 g/mol. The van der Waals surface area contributed by atoms with Gasteiger partial charge in [0, 0.05) is 17.6 Å². The number of hydrogen-bond donors (Lipinski definition) is 1. The highest BCUT2D eigenvalue weighted by molar-refractivity contribution is 9.10. The Morgan fingerprint density at radius 1 is 1.17 bits per heavy atom. The Hall–Kier alpha value is -1.65. The minimum absolute atomic E-state index is 0.369. The molecule has 1 atom stereocenters. The number of halogens is 1. The van der Waals surface area contributed by atoms with Gasteiger partial charge in [0.1, 0.15) is 0 Å². The van der Waals surface area contributed by atoms with Crippen LogP contribution in [-0.4, -0.2) is 29.1 Å². The Bertz CT molecular complexity index is 684. The van der Waals surface area contributed by atoms with E-state index in [2.05, 4.69) is 45.1 Å². The molecular formula is C19H20BrNO2. The van der Waals surface area contributed by atoms with Crippen LogP contribution in [0, 0.1) is 5.92 Å². The van der Waals surface area contributed by atoms with Crippen LogP contribution in [0.3, 0.4) is 0 Å². The lowest BCUT2D eigenvalue weighted by Crippen LogP contribution is -2.20. The summed E-state index contributed by atoms with van der Waals surface area (Å²) in [6.45, 7) is 2.99. The molecular weight excluding hydrogens is 354 g/mol. The average Bonchev–Trinajstić information content (AvgIpc) is 2.97. The SMILES string of the molecule is O=C(O)c1cccc(CN2CCC(Cc3ccc(Br)cc3)C2)c1. The third-order valence-electron chi connectivity index (χ3n) is 4.39. The number of likely N-dealkylation sites (tertiary alicyclic amines) is 1. The fraction of sp³-hybridized carbons (Fsp3) is 0.316. The van der Waals surface area contributed by atoms with Crippen molar-refractivity contribution < 1.29 is 9.90 Å². The smallest absolute Gasteiger partial charge is 0.335 e. The standard InChI is InChI=1S/C19H20BrNO2/c20-18-6-4-14(5-7-18)10-16-8-9-21(13-16)12-15-2-1-3-17(11-15)19(22)23/h1-7,11,16H,8-10,12-13H2,(H,22,23). The van der Waals surface area contributed by atoms with Crippen molar-refractivity contribution in [3.05, 3.63) is 69.7 Å². The van der Waals surface area contributed by atoms with Gasteiger partial charge in [-0.3, -0.25) is 4.90 Å². The molecule has 0 bridgehead atoms. The molecule has 23 heavy (non-hydrogen) atoms. The molecule has 0 saturated carbocycles. The van der Waals surface area contributed by atoms with E-state index in [0.717, 1.165) is 36.1 Å². The normalized spacial score (nSPS) is 18.2. The molecule has 1 unspecified atom stereocenters. The maximum absolute atomic E-state index is 11.1. The first-order valence-corrected chi connectivity index (χ1v) is 8.68. The van der Waals surface area contributed by atoms with Crippen LogP contribution in [0.5, 0.6) is 0 Å². The fourth-order valence-corrected chi connectivity index (χ4v) is 3.50. The zero-order valence-corrected chi connectivity index (χ0v) is 14.5. The molecule has 1 aliphatic heterocycles. The quantitative estimate of drug-likeness (QED) is 0.852. The molecule has 0 radical (unpaired) electrons. The zero-order valence-electron chi connectivity index (χ0n) is 12.9. The Balaban J connectivity index is 1.56. The number of carboxylic acid groups (broad SMARTS) is 1. The molecule has 3 rings (SSSR count). The third-order valence-corrected chi connectivity index (χ3v) is 4.92. The lowest BCUT2D eigenvalue weighted by atomic mass is 9.99. The molecule has 2 aromatic rings. The summed E-state index contributed by atoms with van der Waals surface area (Å²) in [7, 11) is 0. The van der Waals surface area contributed by atoms with Gasteiger partial charge in [-0.2, -0.15) is 0 Å². The molecule has 0 spiro atoms. The van der Waals surface area contributed by atoms with E-state index in [0.29, 0.717) is 11.5 Å². The molecule has 1 N–H and O–H groups in total. The van der Waals surface area contributed by atoms with Crippen LogP contribution in [0.2, 0.25) is 0 Å². The molecule has 0 aliphatic carbocycles. The number of carbonyl (C=O) groups is 1. The zero-order chi connectivity index (χ0) is 16.2. The molecule has 1 saturated heterocycles. The second kappa shape index (κ2) is 7.28. The van der Waals surface area contributed by atoms with Crippen LogP contribution in [0.4, 0.5) is 0 Å². The summed E-state index contributed by atoms with van der Waals surface area (Å²) in [5.41, 5.74) is 2.83. The van der Waals surface area contributed by atoms with Crippen molar-refractivity contribution in [3.63, 3.8) is 0 Å². The highest BCUT2D eigenvalue weighted by atomic mass is 79.9.